The number of carbonyl (C=O) groups is 1. The fourth-order valence-electron chi connectivity index (χ4n) is 0.744. The molecule has 0 saturated carbocycles. The van der Waals surface area contributed by atoms with Gasteiger partial charge < -0.3 is 25.2 Å². The van der Waals surface area contributed by atoms with Crippen LogP contribution in [0.2, 0.25) is 0 Å². The summed E-state index contributed by atoms with van der Waals surface area (Å²) in [5.74, 6) is 0. The fraction of sp³-hybridized carbons (Fsp3) is 0.938. The average Bonchev–Trinajstić information content (AvgIpc) is 2.33. The Labute approximate surface area is 137 Å². The van der Waals surface area contributed by atoms with Crippen LogP contribution < -0.4 is 10.6 Å². The number of rotatable bonds is 4. The summed E-state index contributed by atoms with van der Waals surface area (Å²) in [4.78, 5) is 11.1. The van der Waals surface area contributed by atoms with Gasteiger partial charge in [-0.05, 0) is 55.0 Å². The van der Waals surface area contributed by atoms with Gasteiger partial charge in [0.1, 0.15) is 5.60 Å². The third-order valence-electron chi connectivity index (χ3n) is 1.83. The maximum atomic E-state index is 11.1. The van der Waals surface area contributed by atoms with Crippen molar-refractivity contribution in [2.45, 2.75) is 66.6 Å². The van der Waals surface area contributed by atoms with Crippen LogP contribution in [0.5, 0.6) is 0 Å². The van der Waals surface area contributed by atoms with Crippen LogP contribution in [-0.2, 0) is 9.47 Å². The molecule has 0 radical (unpaired) electrons. The van der Waals surface area contributed by atoms with E-state index in [0.717, 1.165) is 13.1 Å². The fourth-order valence-corrected chi connectivity index (χ4v) is 0.744. The molecule has 0 aliphatic rings. The van der Waals surface area contributed by atoms with Gasteiger partial charge in [0.2, 0.25) is 0 Å². The van der Waals surface area contributed by atoms with Crippen molar-refractivity contribution in [3.05, 3.63) is 0 Å². The molecule has 0 aromatic heterocycles. The summed E-state index contributed by atoms with van der Waals surface area (Å²) in [6, 6.07) is 0. The monoisotopic (exact) mass is 322 g/mol. The predicted octanol–water partition coefficient (Wildman–Crippen LogP) is 2.55. The first kappa shape index (κ1) is 26.1. The molecule has 0 rings (SSSR count). The molecule has 0 unspecified atom stereocenters. The number of amides is 1. The third kappa shape index (κ3) is 36.5. The predicted molar refractivity (Wildman–Crippen MR) is 92.3 cm³/mol. The number of alkyl carbamates (subject to hydrolysis) is 1. The molecule has 136 valence electrons. The maximum absolute atomic E-state index is 11.1. The summed E-state index contributed by atoms with van der Waals surface area (Å²) < 4.78 is 9.98. The van der Waals surface area contributed by atoms with Gasteiger partial charge >= 0.3 is 6.09 Å². The zero-order chi connectivity index (χ0) is 18.2. The van der Waals surface area contributed by atoms with E-state index >= 15 is 0 Å². The molecule has 22 heavy (non-hydrogen) atoms. The summed E-state index contributed by atoms with van der Waals surface area (Å²) in [5.41, 5.74) is -0.373. The van der Waals surface area contributed by atoms with Gasteiger partial charge in [-0.3, -0.25) is 0 Å². The second kappa shape index (κ2) is 15.1. The van der Waals surface area contributed by atoms with E-state index < -0.39 is 5.60 Å². The first-order valence-corrected chi connectivity index (χ1v) is 7.77. The van der Waals surface area contributed by atoms with E-state index in [-0.39, 0.29) is 18.3 Å². The lowest BCUT2D eigenvalue weighted by Crippen LogP contribution is -2.36. The standard InChI is InChI=1S/C9H20N2O2.C5H12O.C2H6O/c1-5-10-6-7-11-8(12)13-9(2,3)4;1-5(2,3)6-4;1-2-3/h10H,5-7H2,1-4H3,(H,11,12);1-4H3;3H,2H2,1H3. The van der Waals surface area contributed by atoms with Gasteiger partial charge in [-0.15, -0.1) is 0 Å². The van der Waals surface area contributed by atoms with Crippen LogP contribution >= 0.6 is 0 Å². The highest BCUT2D eigenvalue weighted by Gasteiger charge is 2.15. The summed E-state index contributed by atoms with van der Waals surface area (Å²) >= 11 is 0. The van der Waals surface area contributed by atoms with Crippen LogP contribution in [0.25, 0.3) is 0 Å². The molecule has 3 N–H and O–H groups in total. The average molecular weight is 322 g/mol. The largest absolute Gasteiger partial charge is 0.444 e. The Hall–Kier alpha value is -0.850. The van der Waals surface area contributed by atoms with Crippen LogP contribution in [0.4, 0.5) is 4.79 Å². The van der Waals surface area contributed by atoms with Crippen molar-refractivity contribution < 1.29 is 19.4 Å². The second-order valence-electron chi connectivity index (χ2n) is 6.41. The Morgan fingerprint density at radius 3 is 1.68 bits per heavy atom. The highest BCUT2D eigenvalue weighted by molar-refractivity contribution is 5.67. The van der Waals surface area contributed by atoms with Crippen molar-refractivity contribution in [2.24, 2.45) is 0 Å². The molecular weight excluding hydrogens is 284 g/mol. The molecule has 0 spiro atoms. The molecule has 6 nitrogen and oxygen atoms in total. The maximum Gasteiger partial charge on any atom is 0.407 e. The van der Waals surface area contributed by atoms with Gasteiger partial charge in [-0.2, -0.15) is 0 Å². The SMILES string of the molecule is CCNCCNC(=O)OC(C)(C)C.CCO.COC(C)(C)C. The molecule has 1 amide bonds. The van der Waals surface area contributed by atoms with E-state index in [0.29, 0.717) is 6.54 Å². The number of hydrogen-bond acceptors (Lipinski definition) is 5. The Kier molecular flexibility index (Phi) is 17.8. The number of carbonyl (C=O) groups excluding carboxylic acids is 1. The minimum atomic E-state index is -0.414. The smallest absolute Gasteiger partial charge is 0.407 e. The summed E-state index contributed by atoms with van der Waals surface area (Å²) in [6.45, 7) is 17.8. The highest BCUT2D eigenvalue weighted by Crippen LogP contribution is 2.05. The minimum absolute atomic E-state index is 0.0417. The Morgan fingerprint density at radius 1 is 1.00 bits per heavy atom. The van der Waals surface area contributed by atoms with Gasteiger partial charge in [0.05, 0.1) is 5.60 Å². The Bertz CT molecular complexity index is 246. The summed E-state index contributed by atoms with van der Waals surface area (Å²) in [7, 11) is 1.71. The number of hydrogen-bond donors (Lipinski definition) is 3. The molecule has 0 bridgehead atoms. The lowest BCUT2D eigenvalue weighted by molar-refractivity contribution is 0.0397. The van der Waals surface area contributed by atoms with Gasteiger partial charge in [0, 0.05) is 26.8 Å². The topological polar surface area (TPSA) is 79.8 Å². The number of likely N-dealkylation sites (N-methyl/N-ethyl adjacent to an activating group) is 1. The minimum Gasteiger partial charge on any atom is -0.444 e. The normalized spacial score (nSPS) is 10.6. The lowest BCUT2D eigenvalue weighted by atomic mass is 10.2. The zero-order valence-corrected chi connectivity index (χ0v) is 16.0. The number of ether oxygens (including phenoxy) is 2. The molecule has 0 fully saturated rings. The summed E-state index contributed by atoms with van der Waals surface area (Å²) in [6.07, 6.45) is -0.356. The van der Waals surface area contributed by atoms with Crippen LogP contribution in [0, 0.1) is 0 Å². The number of aliphatic hydroxyl groups excluding tert-OH is 1. The molecule has 0 atom stereocenters. The van der Waals surface area contributed by atoms with E-state index in [4.69, 9.17) is 14.6 Å². The second-order valence-corrected chi connectivity index (χ2v) is 6.41. The van der Waals surface area contributed by atoms with E-state index in [2.05, 4.69) is 10.6 Å². The van der Waals surface area contributed by atoms with E-state index in [1.165, 1.54) is 0 Å². The lowest BCUT2D eigenvalue weighted by Gasteiger charge is -2.19. The molecule has 0 aliphatic heterocycles. The number of methoxy groups -OCH3 is 1. The third-order valence-corrected chi connectivity index (χ3v) is 1.83. The molecule has 0 heterocycles. The molecule has 0 aromatic carbocycles. The van der Waals surface area contributed by atoms with Crippen molar-refractivity contribution in [3.63, 3.8) is 0 Å². The van der Waals surface area contributed by atoms with Gasteiger partial charge in [0.25, 0.3) is 0 Å². The van der Waals surface area contributed by atoms with E-state index in [1.807, 2.05) is 48.5 Å². The number of aliphatic hydroxyl groups is 1. The molecule has 6 heteroatoms. The van der Waals surface area contributed by atoms with E-state index in [1.54, 1.807) is 14.0 Å². The Balaban J connectivity index is -0.000000333. The first-order valence-electron chi connectivity index (χ1n) is 7.77. The van der Waals surface area contributed by atoms with Crippen LogP contribution in [-0.4, -0.2) is 55.8 Å². The quantitative estimate of drug-likeness (QED) is 0.693. The molecule has 0 aromatic rings. The van der Waals surface area contributed by atoms with Crippen molar-refractivity contribution in [3.8, 4) is 0 Å². The van der Waals surface area contributed by atoms with Crippen molar-refractivity contribution in [2.75, 3.05) is 33.4 Å². The first-order chi connectivity index (χ1) is 9.93. The van der Waals surface area contributed by atoms with Crippen LogP contribution in [0.15, 0.2) is 0 Å². The van der Waals surface area contributed by atoms with Crippen molar-refractivity contribution in [1.82, 2.24) is 10.6 Å². The highest BCUT2D eigenvalue weighted by atomic mass is 16.6. The van der Waals surface area contributed by atoms with Crippen LogP contribution in [0.3, 0.4) is 0 Å². The van der Waals surface area contributed by atoms with E-state index in [9.17, 15) is 4.79 Å². The molecule has 0 saturated heterocycles. The van der Waals surface area contributed by atoms with Crippen LogP contribution in [0.1, 0.15) is 55.4 Å². The van der Waals surface area contributed by atoms with Gasteiger partial charge in [0.15, 0.2) is 0 Å². The summed E-state index contributed by atoms with van der Waals surface area (Å²) in [5, 5.41) is 13.3. The zero-order valence-electron chi connectivity index (χ0n) is 16.0. The van der Waals surface area contributed by atoms with Crippen molar-refractivity contribution >= 4 is 6.09 Å². The number of nitrogens with one attached hydrogen (secondary N) is 2. The molecular formula is C16H38N2O4. The molecule has 0 aliphatic carbocycles. The van der Waals surface area contributed by atoms with Gasteiger partial charge in [-0.1, -0.05) is 6.92 Å². The van der Waals surface area contributed by atoms with Crippen molar-refractivity contribution in [1.29, 1.82) is 0 Å². The van der Waals surface area contributed by atoms with Gasteiger partial charge in [-0.25, -0.2) is 4.79 Å². The Morgan fingerprint density at radius 2 is 1.41 bits per heavy atom.